The number of aromatic nitrogens is 2. The van der Waals surface area contributed by atoms with Gasteiger partial charge in [0.1, 0.15) is 64.0 Å². The van der Waals surface area contributed by atoms with Crippen LogP contribution in [0.15, 0.2) is 259 Å². The van der Waals surface area contributed by atoms with Crippen LogP contribution in [0.1, 0.15) is 62.5 Å². The van der Waals surface area contributed by atoms with Crippen molar-refractivity contribution in [2.24, 2.45) is 0 Å². The van der Waals surface area contributed by atoms with Crippen molar-refractivity contribution >= 4 is 46.4 Å². The second-order valence-electron chi connectivity index (χ2n) is 19.2. The average molecular weight is 1020 g/mol. The number of rotatable bonds is 25. The molecule has 0 fully saturated rings. The lowest BCUT2D eigenvalue weighted by molar-refractivity contribution is 0.299. The van der Waals surface area contributed by atoms with E-state index in [4.69, 9.17) is 13.9 Å². The van der Waals surface area contributed by atoms with Gasteiger partial charge in [-0.05, 0) is 134 Å². The summed E-state index contributed by atoms with van der Waals surface area (Å²) in [5.74, 6) is 2.88. The summed E-state index contributed by atoms with van der Waals surface area (Å²) in [5.41, 5.74) is 4.34. The van der Waals surface area contributed by atoms with Crippen molar-refractivity contribution in [2.45, 2.75) is 63.7 Å². The molecule has 1 aromatic heterocycles. The van der Waals surface area contributed by atoms with E-state index >= 15 is 0 Å². The highest BCUT2D eigenvalue weighted by Gasteiger charge is 2.48. The van der Waals surface area contributed by atoms with Crippen molar-refractivity contribution in [1.29, 1.82) is 0 Å². The van der Waals surface area contributed by atoms with Crippen LogP contribution in [0.3, 0.4) is 0 Å². The molecule has 0 bridgehead atoms. The maximum Gasteiger partial charge on any atom is 0.248 e. The van der Waals surface area contributed by atoms with Gasteiger partial charge >= 0.3 is 0 Å². The van der Waals surface area contributed by atoms with E-state index in [1.54, 1.807) is 0 Å². The first-order valence-electron chi connectivity index (χ1n) is 26.7. The van der Waals surface area contributed by atoms with Gasteiger partial charge in [0.15, 0.2) is 0 Å². The van der Waals surface area contributed by atoms with Crippen molar-refractivity contribution in [3.8, 4) is 34.4 Å². The molecule has 10 rings (SSSR count). The van der Waals surface area contributed by atoms with Gasteiger partial charge in [0.05, 0.1) is 19.4 Å². The standard InChI is InChI=1S/C68H66N2O3P2/c1(3-5-28-50-71-59-48-46-57(47-49-59)68-70-69-67(73-68)56-30-14-7-15-31-56)2-4-6-29-51-72-66-52-55(53-74(60-32-16-8-17-33-60,61-34-18-9-19-35-61)62-36-20-10-21-37-62)44-45-58(66)54-75(63-38-22-11-23-39-63,64-40-24-12-25-41-64)65-42-26-13-27-43-65/h7-27,30-49,52H,1-6,28-29,50-51,53-54H2/q+2. The van der Waals surface area contributed by atoms with Crippen molar-refractivity contribution < 1.29 is 13.9 Å². The molecule has 0 saturated heterocycles. The molecule has 0 aliphatic rings. The summed E-state index contributed by atoms with van der Waals surface area (Å²) in [7, 11) is -4.34. The lowest BCUT2D eigenvalue weighted by Crippen LogP contribution is -2.33. The predicted octanol–water partition coefficient (Wildman–Crippen LogP) is 15.0. The van der Waals surface area contributed by atoms with Crippen LogP contribution in [0.5, 0.6) is 11.5 Å². The average Bonchev–Trinajstić information content (AvgIpc) is 3.99. The fourth-order valence-electron chi connectivity index (χ4n) is 10.4. The van der Waals surface area contributed by atoms with Crippen LogP contribution in [0.4, 0.5) is 0 Å². The molecule has 0 aliphatic carbocycles. The number of hydrogen-bond donors (Lipinski definition) is 0. The van der Waals surface area contributed by atoms with E-state index in [0.29, 0.717) is 25.0 Å². The first-order chi connectivity index (χ1) is 37.2. The summed E-state index contributed by atoms with van der Waals surface area (Å²) < 4.78 is 19.1. The second-order valence-corrected chi connectivity index (χ2v) is 26.2. The van der Waals surface area contributed by atoms with E-state index < -0.39 is 14.5 Å². The Morgan fingerprint density at radius 3 is 1.08 bits per heavy atom. The Labute approximate surface area is 445 Å². The van der Waals surface area contributed by atoms with Crippen molar-refractivity contribution in [2.75, 3.05) is 13.2 Å². The maximum absolute atomic E-state index is 7.12. The minimum atomic E-state index is -2.19. The molecule has 9 aromatic carbocycles. The summed E-state index contributed by atoms with van der Waals surface area (Å²) in [6.07, 6.45) is 11.0. The zero-order chi connectivity index (χ0) is 50.8. The summed E-state index contributed by atoms with van der Waals surface area (Å²) in [6.45, 7) is 1.39. The lowest BCUT2D eigenvalue weighted by Gasteiger charge is -2.29. The summed E-state index contributed by atoms with van der Waals surface area (Å²) >= 11 is 0. The Morgan fingerprint density at radius 2 is 0.667 bits per heavy atom. The van der Waals surface area contributed by atoms with E-state index in [1.165, 1.54) is 68.6 Å². The van der Waals surface area contributed by atoms with Crippen molar-refractivity contribution in [1.82, 2.24) is 10.2 Å². The second kappa shape index (κ2) is 25.7. The molecule has 10 aromatic rings. The fourth-order valence-corrected chi connectivity index (χ4v) is 18.9. The highest BCUT2D eigenvalue weighted by Crippen LogP contribution is 2.61. The minimum Gasteiger partial charge on any atom is -0.494 e. The van der Waals surface area contributed by atoms with E-state index in [2.05, 4.69) is 210 Å². The summed E-state index contributed by atoms with van der Waals surface area (Å²) in [6, 6.07) is 92.3. The van der Waals surface area contributed by atoms with Gasteiger partial charge in [-0.1, -0.05) is 178 Å². The molecule has 0 spiro atoms. The molecule has 0 atom stereocenters. The molecule has 7 heteroatoms. The molecule has 5 nitrogen and oxygen atoms in total. The fraction of sp³-hybridized carbons (Fsp3) is 0.176. The summed E-state index contributed by atoms with van der Waals surface area (Å²) in [4.78, 5) is 0. The van der Waals surface area contributed by atoms with Gasteiger partial charge in [-0.2, -0.15) is 0 Å². The smallest absolute Gasteiger partial charge is 0.248 e. The van der Waals surface area contributed by atoms with Crippen LogP contribution in [-0.4, -0.2) is 23.4 Å². The van der Waals surface area contributed by atoms with Gasteiger partial charge in [0, 0.05) is 16.7 Å². The Balaban J connectivity index is 0.813. The van der Waals surface area contributed by atoms with Crippen LogP contribution >= 0.6 is 14.5 Å². The number of ether oxygens (including phenoxy) is 2. The lowest BCUT2D eigenvalue weighted by atomic mass is 10.1. The van der Waals surface area contributed by atoms with E-state index in [1.807, 2.05) is 54.6 Å². The van der Waals surface area contributed by atoms with Crippen molar-refractivity contribution in [3.63, 3.8) is 0 Å². The zero-order valence-corrected chi connectivity index (χ0v) is 44.5. The van der Waals surface area contributed by atoms with Crippen LogP contribution in [-0.2, 0) is 12.3 Å². The predicted molar refractivity (Wildman–Crippen MR) is 317 cm³/mol. The van der Waals surface area contributed by atoms with E-state index in [0.717, 1.165) is 60.6 Å². The molecule has 0 amide bonds. The number of nitrogens with zero attached hydrogens (tertiary/aromatic N) is 2. The molecule has 0 saturated carbocycles. The molecule has 0 aliphatic heterocycles. The quantitative estimate of drug-likeness (QED) is 0.0422. The van der Waals surface area contributed by atoms with Gasteiger partial charge in [0.25, 0.3) is 0 Å². The Morgan fingerprint density at radius 1 is 0.320 bits per heavy atom. The van der Waals surface area contributed by atoms with Crippen molar-refractivity contribution in [3.05, 3.63) is 266 Å². The zero-order valence-electron chi connectivity index (χ0n) is 42.7. The highest BCUT2D eigenvalue weighted by molar-refractivity contribution is 7.95. The molecular formula is C68H66N2O3P2+2. The SMILES string of the molecule is c1ccc(-c2nnc(-c3ccc(OCCCCCCCCCCOc4cc(C[P+](c5ccccc5)(c5ccccc5)c5ccccc5)ccc4C[P+](c4ccccc4)(c4ccccc4)c4ccccc4)cc3)o2)cc1. The Bertz CT molecular complexity index is 3060. The first-order valence-corrected chi connectivity index (χ1v) is 30.6. The molecule has 0 unspecified atom stereocenters. The highest BCUT2D eigenvalue weighted by atomic mass is 31.2. The van der Waals surface area contributed by atoms with Crippen LogP contribution in [0, 0.1) is 0 Å². The molecule has 75 heavy (non-hydrogen) atoms. The van der Waals surface area contributed by atoms with Gasteiger partial charge in [0.2, 0.25) is 11.8 Å². The number of hydrogen-bond acceptors (Lipinski definition) is 5. The molecule has 0 radical (unpaired) electrons. The third kappa shape index (κ3) is 12.4. The third-order valence-corrected chi connectivity index (χ3v) is 23.0. The normalized spacial score (nSPS) is 11.6. The maximum atomic E-state index is 7.12. The van der Waals surface area contributed by atoms with E-state index in [9.17, 15) is 0 Å². The van der Waals surface area contributed by atoms with Gasteiger partial charge in [-0.15, -0.1) is 10.2 Å². The van der Waals surface area contributed by atoms with Crippen LogP contribution < -0.4 is 41.3 Å². The molecule has 1 heterocycles. The van der Waals surface area contributed by atoms with E-state index in [-0.39, 0.29) is 0 Å². The first kappa shape index (κ1) is 51.1. The topological polar surface area (TPSA) is 57.4 Å². The largest absolute Gasteiger partial charge is 0.494 e. The molecular weight excluding hydrogens is 955 g/mol. The Hall–Kier alpha value is -7.42. The molecule has 0 N–H and O–H groups in total. The number of benzene rings is 9. The van der Waals surface area contributed by atoms with Gasteiger partial charge in [-0.25, -0.2) is 0 Å². The van der Waals surface area contributed by atoms with Gasteiger partial charge < -0.3 is 13.9 Å². The van der Waals surface area contributed by atoms with Gasteiger partial charge in [-0.3, -0.25) is 0 Å². The minimum absolute atomic E-state index is 0.502. The third-order valence-electron chi connectivity index (χ3n) is 14.3. The van der Waals surface area contributed by atoms with Crippen LogP contribution in [0.25, 0.3) is 22.9 Å². The summed E-state index contributed by atoms with van der Waals surface area (Å²) in [5, 5.41) is 16.7. The number of unbranched alkanes of at least 4 members (excludes halogenated alkanes) is 7. The molecule has 374 valence electrons. The monoisotopic (exact) mass is 1020 g/mol. The van der Waals surface area contributed by atoms with Crippen LogP contribution in [0.2, 0.25) is 0 Å². The Kier molecular flexibility index (Phi) is 17.5.